The van der Waals surface area contributed by atoms with Crippen LogP contribution in [0.2, 0.25) is 0 Å². The van der Waals surface area contributed by atoms with E-state index >= 15 is 0 Å². The van der Waals surface area contributed by atoms with Gasteiger partial charge in [-0.3, -0.25) is 0 Å². The second kappa shape index (κ2) is 12.5. The predicted molar refractivity (Wildman–Crippen MR) is 272 cm³/mol. The van der Waals surface area contributed by atoms with Crippen molar-refractivity contribution in [1.29, 1.82) is 10.5 Å². The molecule has 66 heavy (non-hydrogen) atoms. The lowest BCUT2D eigenvalue weighted by Gasteiger charge is -2.39. The summed E-state index contributed by atoms with van der Waals surface area (Å²) in [5.41, 5.74) is 27.6. The van der Waals surface area contributed by atoms with Crippen molar-refractivity contribution in [1.82, 2.24) is 8.80 Å². The summed E-state index contributed by atoms with van der Waals surface area (Å²) in [5, 5.41) is 32.2. The zero-order chi connectivity index (χ0) is 44.3. The van der Waals surface area contributed by atoms with Crippen LogP contribution < -0.4 is 0 Å². The van der Waals surface area contributed by atoms with Gasteiger partial charge in [0.25, 0.3) is 0 Å². The van der Waals surface area contributed by atoms with Gasteiger partial charge in [0, 0.05) is 43.1 Å². The maximum absolute atomic E-state index is 10.9. The molecule has 2 saturated carbocycles. The monoisotopic (exact) mass is 850 g/mol. The number of aromatic nitrogens is 2. The quantitative estimate of drug-likeness (QED) is 0.174. The molecule has 0 radical (unpaired) electrons. The second-order valence-corrected chi connectivity index (χ2v) is 21.6. The van der Waals surface area contributed by atoms with E-state index in [0.29, 0.717) is 23.7 Å². The number of fused-ring (bicyclic) bond motifs is 16. The van der Waals surface area contributed by atoms with Crippen LogP contribution in [0.5, 0.6) is 0 Å². The summed E-state index contributed by atoms with van der Waals surface area (Å²) < 4.78 is 5.11. The van der Waals surface area contributed by atoms with E-state index < -0.39 is 0 Å². The van der Waals surface area contributed by atoms with Crippen LogP contribution in [-0.4, -0.2) is 8.80 Å². The van der Waals surface area contributed by atoms with Crippen molar-refractivity contribution < 1.29 is 0 Å². The number of aryl methyl sites for hydroxylation is 6. The standard InChI is InChI=1S/C62H50N4/c1-29-15-31(3)53(32(4)16-29)39-19-45-43-25-50-44(26-49(43)65-51-23-41(27-63)55-35-7-11-37(12-8-35)57(55)59(51)47(21-39)61(45)65)46-20-40(54-33(5)17-30(2)18-34(54)6)22-48-60-52(66(50)62(46)48)24-42(28-64)56-36-9-13-38(14-10-36)58(56)60/h15-26,35-38H,7-14H2,1-6H3. The van der Waals surface area contributed by atoms with Gasteiger partial charge in [-0.2, -0.15) is 10.5 Å². The molecule has 17 rings (SSSR count). The number of benzene rings is 7. The first-order valence-corrected chi connectivity index (χ1v) is 24.6. The van der Waals surface area contributed by atoms with Crippen molar-refractivity contribution in [2.45, 2.75) is 117 Å². The van der Waals surface area contributed by atoms with E-state index in [1.165, 1.54) is 205 Å². The first-order chi connectivity index (χ1) is 32.1. The smallest absolute Gasteiger partial charge is 0.0995 e. The Morgan fingerprint density at radius 2 is 0.712 bits per heavy atom. The Balaban J connectivity index is 1.16. The summed E-state index contributed by atoms with van der Waals surface area (Å²) >= 11 is 0. The Labute approximate surface area is 384 Å². The third kappa shape index (κ3) is 4.45. The van der Waals surface area contributed by atoms with Crippen LogP contribution in [0.1, 0.15) is 142 Å². The highest BCUT2D eigenvalue weighted by atomic mass is 14.9. The zero-order valence-electron chi connectivity index (χ0n) is 38.7. The molecular weight excluding hydrogens is 801 g/mol. The third-order valence-electron chi connectivity index (χ3n) is 17.9. The Hall–Kier alpha value is -6.88. The fraction of sp³-hybridized carbons (Fsp3) is 0.290. The highest BCUT2D eigenvalue weighted by molar-refractivity contribution is 6.31. The Morgan fingerprint density at radius 3 is 1.06 bits per heavy atom. The minimum absolute atomic E-state index is 0.465. The van der Waals surface area contributed by atoms with Gasteiger partial charge in [-0.15, -0.1) is 0 Å². The van der Waals surface area contributed by atoms with E-state index in [2.05, 4.69) is 135 Å². The molecule has 0 unspecified atom stereocenters. The third-order valence-corrected chi connectivity index (χ3v) is 17.9. The van der Waals surface area contributed by atoms with Crippen LogP contribution in [0.15, 0.2) is 72.8 Å². The lowest BCUT2D eigenvalue weighted by molar-refractivity contribution is 0.361. The lowest BCUT2D eigenvalue weighted by atomic mass is 9.65. The second-order valence-electron chi connectivity index (χ2n) is 21.6. The van der Waals surface area contributed by atoms with Gasteiger partial charge in [-0.05, 0) is 232 Å². The summed E-state index contributed by atoms with van der Waals surface area (Å²) in [5.74, 6) is 1.90. The van der Waals surface area contributed by atoms with E-state index in [0.717, 1.165) is 11.1 Å². The van der Waals surface area contributed by atoms with Crippen molar-refractivity contribution in [2.24, 2.45) is 0 Å². The summed E-state index contributed by atoms with van der Waals surface area (Å²) in [6, 6.07) is 34.3. The molecule has 4 heterocycles. The molecule has 0 aliphatic heterocycles. The van der Waals surface area contributed by atoms with Gasteiger partial charge in [0.05, 0.1) is 56.4 Å². The van der Waals surface area contributed by atoms with Gasteiger partial charge in [0.2, 0.25) is 0 Å². The lowest BCUT2D eigenvalue weighted by Crippen LogP contribution is -2.23. The van der Waals surface area contributed by atoms with E-state index in [9.17, 15) is 10.5 Å². The molecule has 4 aromatic heterocycles. The Morgan fingerprint density at radius 1 is 0.379 bits per heavy atom. The van der Waals surface area contributed by atoms with Crippen molar-refractivity contribution in [3.8, 4) is 34.4 Å². The Bertz CT molecular complexity index is 3840. The van der Waals surface area contributed by atoms with Crippen molar-refractivity contribution in [2.75, 3.05) is 0 Å². The van der Waals surface area contributed by atoms with Crippen LogP contribution in [-0.2, 0) is 0 Å². The molecule has 4 nitrogen and oxygen atoms in total. The van der Waals surface area contributed by atoms with Gasteiger partial charge < -0.3 is 8.80 Å². The molecule has 0 N–H and O–H groups in total. The summed E-state index contributed by atoms with van der Waals surface area (Å²) in [4.78, 5) is 0. The fourth-order valence-electron chi connectivity index (χ4n) is 15.8. The van der Waals surface area contributed by atoms with E-state index in [-0.39, 0.29) is 0 Å². The molecule has 7 aromatic carbocycles. The van der Waals surface area contributed by atoms with Crippen molar-refractivity contribution >= 4 is 76.2 Å². The van der Waals surface area contributed by atoms with Gasteiger partial charge in [0.1, 0.15) is 0 Å². The molecule has 6 aliphatic rings. The molecule has 0 saturated heterocycles. The Kier molecular flexibility index (Phi) is 7.08. The average molecular weight is 851 g/mol. The minimum Gasteiger partial charge on any atom is -0.308 e. The molecule has 318 valence electrons. The van der Waals surface area contributed by atoms with Crippen LogP contribution in [0, 0.1) is 64.2 Å². The van der Waals surface area contributed by atoms with Crippen LogP contribution in [0.4, 0.5) is 0 Å². The largest absolute Gasteiger partial charge is 0.308 e. The zero-order valence-corrected chi connectivity index (χ0v) is 38.7. The number of rotatable bonds is 2. The maximum Gasteiger partial charge on any atom is 0.0995 e. The molecule has 6 aliphatic carbocycles. The highest BCUT2D eigenvalue weighted by Crippen LogP contribution is 2.58. The topological polar surface area (TPSA) is 56.4 Å². The van der Waals surface area contributed by atoms with Crippen LogP contribution >= 0.6 is 0 Å². The molecule has 0 atom stereocenters. The van der Waals surface area contributed by atoms with Crippen molar-refractivity contribution in [3.63, 3.8) is 0 Å². The van der Waals surface area contributed by atoms with Gasteiger partial charge in [0.15, 0.2) is 0 Å². The fourth-order valence-corrected chi connectivity index (χ4v) is 15.8. The van der Waals surface area contributed by atoms with E-state index in [1.54, 1.807) is 0 Å². The number of nitrogens with zero attached hydrogens (tertiary/aromatic N) is 4. The minimum atomic E-state index is 0.465. The molecule has 0 spiro atoms. The molecule has 4 bridgehead atoms. The normalized spacial score (nSPS) is 20.1. The van der Waals surface area contributed by atoms with Gasteiger partial charge in [-0.1, -0.05) is 35.4 Å². The van der Waals surface area contributed by atoms with Crippen LogP contribution in [0.25, 0.3) is 98.4 Å². The molecular formula is C62H50N4. The van der Waals surface area contributed by atoms with Gasteiger partial charge >= 0.3 is 0 Å². The first kappa shape index (κ1) is 37.4. The first-order valence-electron chi connectivity index (χ1n) is 24.6. The molecule has 2 fully saturated rings. The predicted octanol–water partition coefficient (Wildman–Crippen LogP) is 16.4. The van der Waals surface area contributed by atoms with E-state index in [4.69, 9.17) is 0 Å². The summed E-state index contributed by atoms with van der Waals surface area (Å²) in [6.07, 6.45) is 9.58. The number of hydrogen-bond acceptors (Lipinski definition) is 2. The average Bonchev–Trinajstić information content (AvgIpc) is 4.03. The van der Waals surface area contributed by atoms with Crippen molar-refractivity contribution in [3.05, 3.63) is 140 Å². The number of hydrogen-bond donors (Lipinski definition) is 0. The SMILES string of the molecule is Cc1cc(C)c(-c2cc3c4cc5c(cc4n4c6cc(C#N)c7c(c6c(c2)c34)C2CCC7CC2)c2cc(-c3c(C)cc(C)cc3C)cc3c4c6c(c(C#N)cc4n5c23)C2CCC6CC2)c(C)c1. The highest BCUT2D eigenvalue weighted by Gasteiger charge is 2.40. The number of nitriles is 2. The van der Waals surface area contributed by atoms with Gasteiger partial charge in [-0.25, -0.2) is 0 Å². The maximum atomic E-state index is 10.9. The summed E-state index contributed by atoms with van der Waals surface area (Å²) in [6.45, 7) is 13.5. The molecule has 0 amide bonds. The molecule has 11 aromatic rings. The molecule has 4 heteroatoms. The van der Waals surface area contributed by atoms with Crippen LogP contribution in [0.3, 0.4) is 0 Å². The van der Waals surface area contributed by atoms with E-state index in [1.807, 2.05) is 0 Å². The summed E-state index contributed by atoms with van der Waals surface area (Å²) in [7, 11) is 0.